The van der Waals surface area contributed by atoms with E-state index in [1.807, 2.05) is 6.07 Å². The van der Waals surface area contributed by atoms with Crippen molar-refractivity contribution < 1.29 is 17.3 Å². The van der Waals surface area contributed by atoms with Crippen molar-refractivity contribution in [2.75, 3.05) is 26.0 Å². The van der Waals surface area contributed by atoms with Crippen molar-refractivity contribution in [3.05, 3.63) is 29.8 Å². The lowest BCUT2D eigenvalue weighted by atomic mass is 10.2. The fourth-order valence-electron chi connectivity index (χ4n) is 1.32. The van der Waals surface area contributed by atoms with Crippen LogP contribution in [0.5, 0.6) is 5.75 Å². The van der Waals surface area contributed by atoms with Gasteiger partial charge in [0.25, 0.3) is 0 Å². The number of ether oxygens (including phenoxy) is 1. The molecule has 1 rings (SSSR count). The van der Waals surface area contributed by atoms with Crippen molar-refractivity contribution in [2.45, 2.75) is 13.5 Å². The van der Waals surface area contributed by atoms with Crippen LogP contribution in [0.15, 0.2) is 24.3 Å². The van der Waals surface area contributed by atoms with E-state index in [1.54, 1.807) is 32.2 Å². The minimum absolute atomic E-state index is 0.0384. The Morgan fingerprint density at radius 1 is 1.33 bits per heavy atom. The van der Waals surface area contributed by atoms with Crippen LogP contribution in [0, 0.1) is 0 Å². The van der Waals surface area contributed by atoms with E-state index in [4.69, 9.17) is 8.92 Å². The van der Waals surface area contributed by atoms with E-state index in [-0.39, 0.29) is 5.75 Å². The molecule has 6 heteroatoms. The lowest BCUT2D eigenvalue weighted by Crippen LogP contribution is -2.18. The third kappa shape index (κ3) is 5.48. The molecule has 0 amide bonds. The Balaban J connectivity index is 2.57. The van der Waals surface area contributed by atoms with Gasteiger partial charge in [0.1, 0.15) is 5.75 Å². The van der Waals surface area contributed by atoms with Gasteiger partial charge < -0.3 is 14.2 Å². The third-order valence-electron chi connectivity index (χ3n) is 2.29. The highest BCUT2D eigenvalue weighted by Crippen LogP contribution is 2.15. The maximum absolute atomic E-state index is 11.3. The van der Waals surface area contributed by atoms with Gasteiger partial charge in [-0.3, -0.25) is 0 Å². The summed E-state index contributed by atoms with van der Waals surface area (Å²) in [7, 11) is -1.81. The van der Waals surface area contributed by atoms with Gasteiger partial charge in [-0.1, -0.05) is 12.1 Å². The largest absolute Gasteiger partial charge is 0.383 e. The molecule has 1 N–H and O–H groups in total. The molecule has 0 aliphatic rings. The Kier molecular flexibility index (Phi) is 6.11. The molecule has 18 heavy (non-hydrogen) atoms. The van der Waals surface area contributed by atoms with Crippen molar-refractivity contribution in [1.82, 2.24) is 5.32 Å². The van der Waals surface area contributed by atoms with Crippen LogP contribution in [0.4, 0.5) is 0 Å². The molecule has 1 aromatic rings. The van der Waals surface area contributed by atoms with Gasteiger partial charge in [-0.05, 0) is 24.6 Å². The van der Waals surface area contributed by atoms with E-state index >= 15 is 0 Å². The van der Waals surface area contributed by atoms with Gasteiger partial charge in [0.15, 0.2) is 0 Å². The predicted molar refractivity (Wildman–Crippen MR) is 70.1 cm³/mol. The molecule has 0 unspecified atom stereocenters. The number of nitrogens with one attached hydrogen (secondary N) is 1. The summed E-state index contributed by atoms with van der Waals surface area (Å²) in [6.07, 6.45) is 0. The number of rotatable bonds is 8. The first-order chi connectivity index (χ1) is 8.57. The first-order valence-corrected chi connectivity index (χ1v) is 7.36. The Hall–Kier alpha value is -1.11. The highest BCUT2D eigenvalue weighted by atomic mass is 32.2. The molecule has 0 aliphatic heterocycles. The lowest BCUT2D eigenvalue weighted by molar-refractivity contribution is 0.199. The van der Waals surface area contributed by atoms with Gasteiger partial charge in [0.05, 0.1) is 12.4 Å². The monoisotopic (exact) mass is 273 g/mol. The van der Waals surface area contributed by atoms with Crippen LogP contribution in [0.2, 0.25) is 0 Å². The van der Waals surface area contributed by atoms with Crippen molar-refractivity contribution >= 4 is 10.1 Å². The number of hydrogen-bond donors (Lipinski definition) is 1. The summed E-state index contributed by atoms with van der Waals surface area (Å²) in [6, 6.07) is 7.03. The molecule has 0 atom stereocenters. The maximum Gasteiger partial charge on any atom is 0.308 e. The Labute approximate surface area is 108 Å². The fourth-order valence-corrected chi connectivity index (χ4v) is 1.83. The first-order valence-electron chi connectivity index (χ1n) is 5.78. The van der Waals surface area contributed by atoms with Crippen molar-refractivity contribution in [2.24, 2.45) is 0 Å². The Morgan fingerprint density at radius 2 is 2.11 bits per heavy atom. The van der Waals surface area contributed by atoms with E-state index in [1.165, 1.54) is 0 Å². The SMILES string of the molecule is CCS(=O)(=O)Oc1cccc(CNCCOC)c1. The number of benzene rings is 1. The second kappa shape index (κ2) is 7.35. The van der Waals surface area contributed by atoms with Crippen molar-refractivity contribution in [1.29, 1.82) is 0 Å². The Bertz CT molecular complexity index is 459. The maximum atomic E-state index is 11.3. The number of methoxy groups -OCH3 is 1. The van der Waals surface area contributed by atoms with Crippen LogP contribution in [-0.4, -0.2) is 34.4 Å². The van der Waals surface area contributed by atoms with Gasteiger partial charge in [-0.15, -0.1) is 0 Å². The molecular formula is C12H19NO4S. The summed E-state index contributed by atoms with van der Waals surface area (Å²) in [5.74, 6) is 0.312. The standard InChI is InChI=1S/C12H19NO4S/c1-3-18(14,15)17-12-6-4-5-11(9-12)10-13-7-8-16-2/h4-6,9,13H,3,7-8,10H2,1-2H3. The van der Waals surface area contributed by atoms with E-state index in [0.29, 0.717) is 18.9 Å². The van der Waals surface area contributed by atoms with Gasteiger partial charge >= 0.3 is 10.1 Å². The Morgan fingerprint density at radius 3 is 2.78 bits per heavy atom. The topological polar surface area (TPSA) is 64.6 Å². The minimum Gasteiger partial charge on any atom is -0.383 e. The summed E-state index contributed by atoms with van der Waals surface area (Å²) >= 11 is 0. The zero-order valence-electron chi connectivity index (χ0n) is 10.7. The zero-order chi connectivity index (χ0) is 13.4. The van der Waals surface area contributed by atoms with Crippen LogP contribution in [0.25, 0.3) is 0 Å². The molecule has 0 heterocycles. The smallest absolute Gasteiger partial charge is 0.308 e. The van der Waals surface area contributed by atoms with Gasteiger partial charge in [0, 0.05) is 20.2 Å². The molecule has 0 spiro atoms. The van der Waals surface area contributed by atoms with Crippen molar-refractivity contribution in [3.63, 3.8) is 0 Å². The van der Waals surface area contributed by atoms with Gasteiger partial charge in [0.2, 0.25) is 0 Å². The molecule has 0 aromatic heterocycles. The summed E-state index contributed by atoms with van der Waals surface area (Å²) in [5.41, 5.74) is 0.968. The fraction of sp³-hybridized carbons (Fsp3) is 0.500. The summed E-state index contributed by atoms with van der Waals surface area (Å²) in [5, 5.41) is 3.18. The van der Waals surface area contributed by atoms with Crippen LogP contribution in [0.3, 0.4) is 0 Å². The summed E-state index contributed by atoms with van der Waals surface area (Å²) < 4.78 is 32.5. The molecule has 0 saturated heterocycles. The molecule has 0 aliphatic carbocycles. The van der Waals surface area contributed by atoms with Crippen LogP contribution < -0.4 is 9.50 Å². The van der Waals surface area contributed by atoms with E-state index in [2.05, 4.69) is 5.32 Å². The van der Waals surface area contributed by atoms with Crippen LogP contribution in [-0.2, 0) is 21.4 Å². The van der Waals surface area contributed by atoms with Crippen LogP contribution in [0.1, 0.15) is 12.5 Å². The molecule has 1 aromatic carbocycles. The molecular weight excluding hydrogens is 254 g/mol. The summed E-state index contributed by atoms with van der Waals surface area (Å²) in [4.78, 5) is 0. The number of hydrogen-bond acceptors (Lipinski definition) is 5. The normalized spacial score (nSPS) is 11.4. The second-order valence-corrected chi connectivity index (χ2v) is 5.61. The predicted octanol–water partition coefficient (Wildman–Crippen LogP) is 1.15. The molecule has 0 fully saturated rings. The quantitative estimate of drug-likeness (QED) is 0.568. The molecule has 5 nitrogen and oxygen atoms in total. The lowest BCUT2D eigenvalue weighted by Gasteiger charge is -2.08. The molecule has 102 valence electrons. The summed E-state index contributed by atoms with van der Waals surface area (Å²) in [6.45, 7) is 3.58. The van der Waals surface area contributed by atoms with Crippen LogP contribution >= 0.6 is 0 Å². The minimum atomic E-state index is -3.46. The van der Waals surface area contributed by atoms with E-state index in [0.717, 1.165) is 12.1 Å². The van der Waals surface area contributed by atoms with Crippen molar-refractivity contribution in [3.8, 4) is 5.75 Å². The average Bonchev–Trinajstić information content (AvgIpc) is 2.35. The molecule has 0 saturated carbocycles. The first kappa shape index (κ1) is 14.9. The molecule has 0 radical (unpaired) electrons. The van der Waals surface area contributed by atoms with E-state index < -0.39 is 10.1 Å². The average molecular weight is 273 g/mol. The van der Waals surface area contributed by atoms with Gasteiger partial charge in [-0.2, -0.15) is 8.42 Å². The second-order valence-electron chi connectivity index (χ2n) is 3.75. The molecule has 0 bridgehead atoms. The van der Waals surface area contributed by atoms with E-state index in [9.17, 15) is 8.42 Å². The highest BCUT2D eigenvalue weighted by molar-refractivity contribution is 7.87. The highest BCUT2D eigenvalue weighted by Gasteiger charge is 2.09. The zero-order valence-corrected chi connectivity index (χ0v) is 11.5. The third-order valence-corrected chi connectivity index (χ3v) is 3.44. The van der Waals surface area contributed by atoms with Gasteiger partial charge in [-0.25, -0.2) is 0 Å².